The summed E-state index contributed by atoms with van der Waals surface area (Å²) in [5.41, 5.74) is 0.978. The molecule has 1 amide bonds. The lowest BCUT2D eigenvalue weighted by Crippen LogP contribution is -2.39. The van der Waals surface area contributed by atoms with Gasteiger partial charge in [-0.2, -0.15) is 0 Å². The maximum absolute atomic E-state index is 13.2. The van der Waals surface area contributed by atoms with Gasteiger partial charge in [0.2, 0.25) is 0 Å². The van der Waals surface area contributed by atoms with Gasteiger partial charge in [-0.15, -0.1) is 5.10 Å². The number of hydrogen-bond donors (Lipinski definition) is 1. The normalized spacial score (nSPS) is 15.3. The molecule has 0 atom stereocenters. The summed E-state index contributed by atoms with van der Waals surface area (Å²) in [4.78, 5) is 24.9. The van der Waals surface area contributed by atoms with Gasteiger partial charge in [0.05, 0.1) is 12.7 Å². The van der Waals surface area contributed by atoms with Gasteiger partial charge in [-0.3, -0.25) is 9.59 Å². The third kappa shape index (κ3) is 4.40. The summed E-state index contributed by atoms with van der Waals surface area (Å²) >= 11 is 0. The Bertz CT molecular complexity index is 769. The van der Waals surface area contributed by atoms with Crippen LogP contribution in [0.25, 0.3) is 0 Å². The van der Waals surface area contributed by atoms with Crippen LogP contribution >= 0.6 is 0 Å². The van der Waals surface area contributed by atoms with Crippen LogP contribution in [0, 0.1) is 11.7 Å². The highest BCUT2D eigenvalue weighted by molar-refractivity contribution is 5.92. The Balaban J connectivity index is 1.59. The largest absolute Gasteiger partial charge is 0.481 e. The van der Waals surface area contributed by atoms with Crippen molar-refractivity contribution in [2.75, 3.05) is 13.1 Å². The van der Waals surface area contributed by atoms with Crippen molar-refractivity contribution in [2.24, 2.45) is 5.92 Å². The summed E-state index contributed by atoms with van der Waals surface area (Å²) in [7, 11) is 0. The fourth-order valence-electron chi connectivity index (χ4n) is 3.05. The fraction of sp³-hybridized carbons (Fsp3) is 0.412. The first-order valence-electron chi connectivity index (χ1n) is 8.17. The summed E-state index contributed by atoms with van der Waals surface area (Å²) in [5.74, 6) is -1.22. The van der Waals surface area contributed by atoms with Crippen molar-refractivity contribution < 1.29 is 19.1 Å². The molecule has 8 heteroatoms. The van der Waals surface area contributed by atoms with Gasteiger partial charge >= 0.3 is 5.97 Å². The van der Waals surface area contributed by atoms with E-state index in [1.807, 2.05) is 0 Å². The quantitative estimate of drug-likeness (QED) is 0.892. The zero-order valence-electron chi connectivity index (χ0n) is 13.6. The molecule has 0 saturated carbocycles. The molecule has 0 radical (unpaired) electrons. The highest BCUT2D eigenvalue weighted by Crippen LogP contribution is 2.21. The van der Waals surface area contributed by atoms with Crippen molar-refractivity contribution in [1.82, 2.24) is 19.9 Å². The molecule has 0 spiro atoms. The number of aliphatic carboxylic acids is 1. The standard InChI is InChI=1S/C17H19FN4O3/c18-14-3-1-2-13(8-14)10-22-11-15(19-20-22)17(25)21-6-4-12(5-7-21)9-16(23)24/h1-3,8,11-12H,4-7,9-10H2,(H,23,24). The number of piperidine rings is 1. The van der Waals surface area contributed by atoms with E-state index >= 15 is 0 Å². The van der Waals surface area contributed by atoms with E-state index in [2.05, 4.69) is 10.3 Å². The van der Waals surface area contributed by atoms with Crippen LogP contribution in [0.1, 0.15) is 35.3 Å². The first-order valence-corrected chi connectivity index (χ1v) is 8.17. The van der Waals surface area contributed by atoms with Gasteiger partial charge in [0, 0.05) is 19.5 Å². The predicted molar refractivity (Wildman–Crippen MR) is 86.4 cm³/mol. The first kappa shape index (κ1) is 17.1. The maximum atomic E-state index is 13.2. The molecular formula is C17H19FN4O3. The zero-order valence-corrected chi connectivity index (χ0v) is 13.6. The molecular weight excluding hydrogens is 327 g/mol. The fourth-order valence-corrected chi connectivity index (χ4v) is 3.05. The van der Waals surface area contributed by atoms with Crippen LogP contribution in [0.3, 0.4) is 0 Å². The first-order chi connectivity index (χ1) is 12.0. The van der Waals surface area contributed by atoms with Crippen LogP contribution in [0.4, 0.5) is 4.39 Å². The van der Waals surface area contributed by atoms with Gasteiger partial charge in [0.1, 0.15) is 5.82 Å². The number of halogens is 1. The van der Waals surface area contributed by atoms with Crippen molar-refractivity contribution in [3.05, 3.63) is 47.5 Å². The summed E-state index contributed by atoms with van der Waals surface area (Å²) in [5, 5.41) is 16.7. The number of carboxylic acids is 1. The van der Waals surface area contributed by atoms with E-state index in [-0.39, 0.29) is 29.8 Å². The number of rotatable bonds is 5. The Morgan fingerprint density at radius 2 is 2.04 bits per heavy atom. The minimum atomic E-state index is -0.801. The average molecular weight is 346 g/mol. The molecule has 1 saturated heterocycles. The molecule has 3 rings (SSSR count). The molecule has 0 bridgehead atoms. The van der Waals surface area contributed by atoms with Gasteiger partial charge in [-0.25, -0.2) is 9.07 Å². The minimum absolute atomic E-state index is 0.116. The van der Waals surface area contributed by atoms with Crippen molar-refractivity contribution in [3.63, 3.8) is 0 Å². The lowest BCUT2D eigenvalue weighted by molar-refractivity contribution is -0.138. The Morgan fingerprint density at radius 3 is 2.72 bits per heavy atom. The average Bonchev–Trinajstić information content (AvgIpc) is 3.03. The number of carbonyl (C=O) groups is 2. The van der Waals surface area contributed by atoms with E-state index in [1.54, 1.807) is 23.2 Å². The van der Waals surface area contributed by atoms with Crippen molar-refractivity contribution in [3.8, 4) is 0 Å². The van der Waals surface area contributed by atoms with Crippen LogP contribution in [-0.2, 0) is 11.3 Å². The molecule has 1 aromatic carbocycles. The maximum Gasteiger partial charge on any atom is 0.303 e. The van der Waals surface area contributed by atoms with Crippen molar-refractivity contribution in [1.29, 1.82) is 0 Å². The molecule has 1 aliphatic rings. The smallest absolute Gasteiger partial charge is 0.303 e. The topological polar surface area (TPSA) is 88.3 Å². The lowest BCUT2D eigenvalue weighted by atomic mass is 9.93. The number of amides is 1. The van der Waals surface area contributed by atoms with Crippen LogP contribution in [-0.4, -0.2) is 50.0 Å². The molecule has 1 aromatic heterocycles. The number of aromatic nitrogens is 3. The molecule has 7 nitrogen and oxygen atoms in total. The van der Waals surface area contributed by atoms with Crippen LogP contribution < -0.4 is 0 Å². The molecule has 0 unspecified atom stereocenters. The Kier molecular flexibility index (Phi) is 5.06. The highest BCUT2D eigenvalue weighted by atomic mass is 19.1. The molecule has 2 heterocycles. The second kappa shape index (κ2) is 7.42. The lowest BCUT2D eigenvalue weighted by Gasteiger charge is -2.30. The van der Waals surface area contributed by atoms with Gasteiger partial charge in [-0.05, 0) is 36.5 Å². The summed E-state index contributed by atoms with van der Waals surface area (Å²) in [6, 6.07) is 6.18. The number of carboxylic acid groups (broad SMARTS) is 1. The highest BCUT2D eigenvalue weighted by Gasteiger charge is 2.26. The second-order valence-electron chi connectivity index (χ2n) is 6.26. The predicted octanol–water partition coefficient (Wildman–Crippen LogP) is 1.79. The molecule has 2 aromatic rings. The second-order valence-corrected chi connectivity index (χ2v) is 6.26. The number of carbonyl (C=O) groups excluding carboxylic acids is 1. The van der Waals surface area contributed by atoms with E-state index < -0.39 is 5.97 Å². The van der Waals surface area contributed by atoms with E-state index in [0.717, 1.165) is 5.56 Å². The number of benzene rings is 1. The van der Waals surface area contributed by atoms with E-state index in [1.165, 1.54) is 16.8 Å². The third-order valence-corrected chi connectivity index (χ3v) is 4.36. The Morgan fingerprint density at radius 1 is 1.28 bits per heavy atom. The van der Waals surface area contributed by atoms with Crippen LogP contribution in [0.2, 0.25) is 0 Å². The number of nitrogens with zero attached hydrogens (tertiary/aromatic N) is 4. The van der Waals surface area contributed by atoms with Gasteiger partial charge in [0.15, 0.2) is 5.69 Å². The molecule has 1 N–H and O–H groups in total. The summed E-state index contributed by atoms with van der Waals surface area (Å²) in [6.45, 7) is 1.37. The molecule has 25 heavy (non-hydrogen) atoms. The van der Waals surface area contributed by atoms with E-state index in [9.17, 15) is 14.0 Å². The third-order valence-electron chi connectivity index (χ3n) is 4.36. The SMILES string of the molecule is O=C(O)CC1CCN(C(=O)c2cn(Cc3cccc(F)c3)nn2)CC1. The number of hydrogen-bond acceptors (Lipinski definition) is 4. The van der Waals surface area contributed by atoms with Gasteiger partial charge in [-0.1, -0.05) is 17.3 Å². The van der Waals surface area contributed by atoms with Crippen LogP contribution in [0.5, 0.6) is 0 Å². The van der Waals surface area contributed by atoms with Crippen LogP contribution in [0.15, 0.2) is 30.5 Å². The van der Waals surface area contributed by atoms with Gasteiger partial charge in [0.25, 0.3) is 5.91 Å². The van der Waals surface area contributed by atoms with E-state index in [0.29, 0.717) is 32.5 Å². The Hall–Kier alpha value is -2.77. The van der Waals surface area contributed by atoms with E-state index in [4.69, 9.17) is 5.11 Å². The minimum Gasteiger partial charge on any atom is -0.481 e. The summed E-state index contributed by atoms with van der Waals surface area (Å²) < 4.78 is 14.7. The Labute approximate surface area is 144 Å². The molecule has 1 fully saturated rings. The van der Waals surface area contributed by atoms with Crippen molar-refractivity contribution >= 4 is 11.9 Å². The molecule has 132 valence electrons. The van der Waals surface area contributed by atoms with Gasteiger partial charge < -0.3 is 10.0 Å². The molecule has 0 aliphatic carbocycles. The molecule has 1 aliphatic heterocycles. The summed E-state index contributed by atoms with van der Waals surface area (Å²) in [6.07, 6.45) is 3.05. The monoisotopic (exact) mass is 346 g/mol. The number of likely N-dealkylation sites (tertiary alicyclic amines) is 1. The zero-order chi connectivity index (χ0) is 17.8. The van der Waals surface area contributed by atoms with Crippen molar-refractivity contribution in [2.45, 2.75) is 25.8 Å².